The van der Waals surface area contributed by atoms with Crippen LogP contribution in [0.3, 0.4) is 0 Å². The largest absolute Gasteiger partial charge is 0.396 e. The predicted molar refractivity (Wildman–Crippen MR) is 102 cm³/mol. The third kappa shape index (κ3) is 4.75. The van der Waals surface area contributed by atoms with Gasteiger partial charge in [0, 0.05) is 37.0 Å². The molecule has 2 N–H and O–H groups in total. The van der Waals surface area contributed by atoms with Gasteiger partial charge in [-0.2, -0.15) is 0 Å². The maximum Gasteiger partial charge on any atom is 0.253 e. The first-order chi connectivity index (χ1) is 12.2. The molecule has 1 aromatic rings. The number of aliphatic hydroxyl groups excluding tert-OH is 1. The van der Waals surface area contributed by atoms with Gasteiger partial charge in [-0.05, 0) is 68.6 Å². The number of piperidine rings is 1. The van der Waals surface area contributed by atoms with Crippen LogP contribution in [0.4, 0.5) is 5.69 Å². The second kappa shape index (κ2) is 8.70. The van der Waals surface area contributed by atoms with Crippen molar-refractivity contribution in [3.05, 3.63) is 29.8 Å². The summed E-state index contributed by atoms with van der Waals surface area (Å²) in [4.78, 5) is 14.7. The number of likely N-dealkylation sites (tertiary alicyclic amines) is 1. The van der Waals surface area contributed by atoms with Crippen LogP contribution in [0.25, 0.3) is 0 Å². The van der Waals surface area contributed by atoms with Crippen LogP contribution in [0, 0.1) is 11.8 Å². The smallest absolute Gasteiger partial charge is 0.253 e. The van der Waals surface area contributed by atoms with Gasteiger partial charge in [-0.3, -0.25) is 4.79 Å². The van der Waals surface area contributed by atoms with Crippen LogP contribution >= 0.6 is 0 Å². The van der Waals surface area contributed by atoms with E-state index in [0.717, 1.165) is 36.6 Å². The zero-order chi connectivity index (χ0) is 17.6. The molecule has 3 rings (SSSR count). The molecule has 1 aliphatic carbocycles. The Kier molecular flexibility index (Phi) is 6.35. The third-order valence-electron chi connectivity index (χ3n) is 5.97. The molecule has 4 heteroatoms. The van der Waals surface area contributed by atoms with Crippen molar-refractivity contribution in [2.75, 3.05) is 25.0 Å². The number of nitrogens with zero attached hydrogens (tertiary/aromatic N) is 1. The summed E-state index contributed by atoms with van der Waals surface area (Å²) >= 11 is 0. The quantitative estimate of drug-likeness (QED) is 0.851. The second-order valence-electron chi connectivity index (χ2n) is 7.79. The SMILES string of the molecule is CCC1CCC(Nc2cccc(C(=O)N3CCCC(CO)C3)c2)CC1. The number of hydrogen-bond donors (Lipinski definition) is 2. The van der Waals surface area contributed by atoms with Crippen LogP contribution in [0.15, 0.2) is 24.3 Å². The van der Waals surface area contributed by atoms with Gasteiger partial charge in [0.25, 0.3) is 5.91 Å². The van der Waals surface area contributed by atoms with E-state index in [1.165, 1.54) is 32.1 Å². The van der Waals surface area contributed by atoms with Crippen LogP contribution in [0.5, 0.6) is 0 Å². The minimum absolute atomic E-state index is 0.0940. The van der Waals surface area contributed by atoms with E-state index in [4.69, 9.17) is 0 Å². The lowest BCUT2D eigenvalue weighted by Gasteiger charge is -2.32. The van der Waals surface area contributed by atoms with Crippen molar-refractivity contribution in [1.82, 2.24) is 4.90 Å². The highest BCUT2D eigenvalue weighted by molar-refractivity contribution is 5.95. The Labute approximate surface area is 151 Å². The Bertz CT molecular complexity index is 567. The normalized spacial score (nSPS) is 27.1. The molecule has 0 bridgehead atoms. The maximum absolute atomic E-state index is 12.8. The van der Waals surface area contributed by atoms with Crippen molar-refractivity contribution < 1.29 is 9.90 Å². The summed E-state index contributed by atoms with van der Waals surface area (Å²) in [5, 5.41) is 13.0. The predicted octanol–water partition coefficient (Wildman–Crippen LogP) is 3.91. The minimum Gasteiger partial charge on any atom is -0.396 e. The summed E-state index contributed by atoms with van der Waals surface area (Å²) in [5.41, 5.74) is 1.81. The van der Waals surface area contributed by atoms with Gasteiger partial charge in [0.2, 0.25) is 0 Å². The van der Waals surface area contributed by atoms with E-state index in [1.807, 2.05) is 23.1 Å². The summed E-state index contributed by atoms with van der Waals surface area (Å²) in [6, 6.07) is 8.47. The maximum atomic E-state index is 12.8. The van der Waals surface area contributed by atoms with Crippen molar-refractivity contribution in [3.8, 4) is 0 Å². The summed E-state index contributed by atoms with van der Waals surface area (Å²) in [5.74, 6) is 1.22. The van der Waals surface area contributed by atoms with E-state index in [1.54, 1.807) is 0 Å². The van der Waals surface area contributed by atoms with Gasteiger partial charge in [-0.25, -0.2) is 0 Å². The molecular weight excluding hydrogens is 312 g/mol. The molecule has 1 aliphatic heterocycles. The Hall–Kier alpha value is -1.55. The minimum atomic E-state index is 0.0940. The molecule has 1 heterocycles. The first-order valence-corrected chi connectivity index (χ1v) is 9.96. The molecule has 2 aliphatic rings. The van der Waals surface area contributed by atoms with Crippen molar-refractivity contribution in [2.45, 2.75) is 57.9 Å². The van der Waals surface area contributed by atoms with Gasteiger partial charge in [-0.1, -0.05) is 19.4 Å². The van der Waals surface area contributed by atoms with E-state index < -0.39 is 0 Å². The summed E-state index contributed by atoms with van der Waals surface area (Å²) in [6.45, 7) is 3.93. The third-order valence-corrected chi connectivity index (χ3v) is 5.97. The molecule has 2 fully saturated rings. The number of carbonyl (C=O) groups excluding carboxylic acids is 1. The van der Waals surface area contributed by atoms with Gasteiger partial charge in [0.1, 0.15) is 0 Å². The summed E-state index contributed by atoms with van der Waals surface area (Å²) < 4.78 is 0. The van der Waals surface area contributed by atoms with Crippen LogP contribution in [-0.2, 0) is 0 Å². The molecule has 0 spiro atoms. The molecule has 138 valence electrons. The van der Waals surface area contributed by atoms with Crippen molar-refractivity contribution in [2.24, 2.45) is 11.8 Å². The van der Waals surface area contributed by atoms with Crippen LogP contribution < -0.4 is 5.32 Å². The number of amides is 1. The highest BCUT2D eigenvalue weighted by atomic mass is 16.3. The molecule has 0 aromatic heterocycles. The first-order valence-electron chi connectivity index (χ1n) is 9.96. The summed E-state index contributed by atoms with van der Waals surface area (Å²) in [6.07, 6.45) is 8.35. The fourth-order valence-electron chi connectivity index (χ4n) is 4.27. The van der Waals surface area contributed by atoms with E-state index in [-0.39, 0.29) is 18.4 Å². The number of rotatable bonds is 5. The van der Waals surface area contributed by atoms with E-state index >= 15 is 0 Å². The number of aliphatic hydroxyl groups is 1. The molecule has 1 saturated heterocycles. The van der Waals surface area contributed by atoms with Crippen molar-refractivity contribution in [1.29, 1.82) is 0 Å². The molecule has 1 saturated carbocycles. The Balaban J connectivity index is 1.60. The first kappa shape index (κ1) is 18.2. The van der Waals surface area contributed by atoms with Crippen molar-refractivity contribution >= 4 is 11.6 Å². The molecule has 1 aromatic carbocycles. The highest BCUT2D eigenvalue weighted by Gasteiger charge is 2.24. The lowest BCUT2D eigenvalue weighted by atomic mass is 9.84. The van der Waals surface area contributed by atoms with Crippen LogP contribution in [0.1, 0.15) is 62.2 Å². The number of benzene rings is 1. The van der Waals surface area contributed by atoms with Gasteiger partial charge in [-0.15, -0.1) is 0 Å². The zero-order valence-corrected chi connectivity index (χ0v) is 15.4. The van der Waals surface area contributed by atoms with Crippen molar-refractivity contribution in [3.63, 3.8) is 0 Å². The average molecular weight is 344 g/mol. The van der Waals surface area contributed by atoms with Gasteiger partial charge in [0.15, 0.2) is 0 Å². The highest BCUT2D eigenvalue weighted by Crippen LogP contribution is 2.29. The Morgan fingerprint density at radius 2 is 2.00 bits per heavy atom. The number of carbonyl (C=O) groups is 1. The fourth-order valence-corrected chi connectivity index (χ4v) is 4.27. The molecule has 1 unspecified atom stereocenters. The van der Waals surface area contributed by atoms with Gasteiger partial charge in [0.05, 0.1) is 0 Å². The zero-order valence-electron chi connectivity index (χ0n) is 15.4. The Morgan fingerprint density at radius 3 is 2.72 bits per heavy atom. The van der Waals surface area contributed by atoms with Gasteiger partial charge >= 0.3 is 0 Å². The van der Waals surface area contributed by atoms with E-state index in [9.17, 15) is 9.90 Å². The lowest BCUT2D eigenvalue weighted by Crippen LogP contribution is -2.41. The molecule has 1 amide bonds. The lowest BCUT2D eigenvalue weighted by molar-refractivity contribution is 0.0621. The molecule has 4 nitrogen and oxygen atoms in total. The molecule has 1 atom stereocenters. The topological polar surface area (TPSA) is 52.6 Å². The number of anilines is 1. The second-order valence-corrected chi connectivity index (χ2v) is 7.79. The number of hydrogen-bond acceptors (Lipinski definition) is 3. The van der Waals surface area contributed by atoms with Crippen LogP contribution in [0.2, 0.25) is 0 Å². The number of nitrogens with one attached hydrogen (secondary N) is 1. The standard InChI is InChI=1S/C21H32N2O2/c1-2-16-8-10-19(11-9-16)22-20-7-3-6-18(13-20)21(25)23-12-4-5-17(14-23)15-24/h3,6-7,13,16-17,19,22,24H,2,4-5,8-12,14-15H2,1H3. The van der Waals surface area contributed by atoms with E-state index in [2.05, 4.69) is 18.3 Å². The fraction of sp³-hybridized carbons (Fsp3) is 0.667. The van der Waals surface area contributed by atoms with E-state index in [0.29, 0.717) is 12.6 Å². The van der Waals surface area contributed by atoms with Crippen LogP contribution in [-0.4, -0.2) is 41.7 Å². The molecule has 25 heavy (non-hydrogen) atoms. The summed E-state index contributed by atoms with van der Waals surface area (Å²) in [7, 11) is 0. The van der Waals surface area contributed by atoms with Gasteiger partial charge < -0.3 is 15.3 Å². The average Bonchev–Trinajstić information content (AvgIpc) is 2.68. The molecule has 0 radical (unpaired) electrons. The molecular formula is C21H32N2O2. The Morgan fingerprint density at radius 1 is 1.20 bits per heavy atom. The monoisotopic (exact) mass is 344 g/mol.